The average Bonchev–Trinajstić information content (AvgIpc) is 2.28. The second kappa shape index (κ2) is 5.62. The van der Waals surface area contributed by atoms with Crippen LogP contribution >= 0.6 is 0 Å². The SMILES string of the molecule is CC(C)(C)C(=O)NCCc1ccc([N+](=O)[O-])cc1. The monoisotopic (exact) mass is 250 g/mol. The third kappa shape index (κ3) is 4.16. The van der Waals surface area contributed by atoms with Gasteiger partial charge in [-0.25, -0.2) is 0 Å². The fourth-order valence-electron chi connectivity index (χ4n) is 1.37. The molecule has 5 heteroatoms. The fourth-order valence-corrected chi connectivity index (χ4v) is 1.37. The zero-order chi connectivity index (χ0) is 13.8. The molecule has 1 amide bonds. The third-order valence-electron chi connectivity index (χ3n) is 2.53. The molecule has 0 aliphatic rings. The molecule has 0 spiro atoms. The Morgan fingerprint density at radius 1 is 1.28 bits per heavy atom. The largest absolute Gasteiger partial charge is 0.355 e. The Kier molecular flexibility index (Phi) is 4.42. The minimum Gasteiger partial charge on any atom is -0.355 e. The molecule has 1 N–H and O–H groups in total. The van der Waals surface area contributed by atoms with Crippen LogP contribution in [0.3, 0.4) is 0 Å². The Balaban J connectivity index is 2.45. The molecule has 18 heavy (non-hydrogen) atoms. The van der Waals surface area contributed by atoms with Crippen molar-refractivity contribution in [2.45, 2.75) is 27.2 Å². The summed E-state index contributed by atoms with van der Waals surface area (Å²) >= 11 is 0. The van der Waals surface area contributed by atoms with Crippen molar-refractivity contribution in [1.29, 1.82) is 0 Å². The number of hydrogen-bond acceptors (Lipinski definition) is 3. The number of rotatable bonds is 4. The van der Waals surface area contributed by atoms with Crippen LogP contribution in [0.1, 0.15) is 26.3 Å². The molecular formula is C13H18N2O3. The lowest BCUT2D eigenvalue weighted by atomic mass is 9.95. The lowest BCUT2D eigenvalue weighted by Crippen LogP contribution is -2.35. The van der Waals surface area contributed by atoms with Crippen molar-refractivity contribution in [3.63, 3.8) is 0 Å². The van der Waals surface area contributed by atoms with Gasteiger partial charge >= 0.3 is 0 Å². The molecule has 5 nitrogen and oxygen atoms in total. The van der Waals surface area contributed by atoms with Gasteiger partial charge in [0.25, 0.3) is 5.69 Å². The van der Waals surface area contributed by atoms with Crippen molar-refractivity contribution in [3.05, 3.63) is 39.9 Å². The minimum absolute atomic E-state index is 0.00408. The third-order valence-corrected chi connectivity index (χ3v) is 2.53. The van der Waals surface area contributed by atoms with Gasteiger partial charge in [0.15, 0.2) is 0 Å². The van der Waals surface area contributed by atoms with Gasteiger partial charge in [0.1, 0.15) is 0 Å². The summed E-state index contributed by atoms with van der Waals surface area (Å²) in [4.78, 5) is 21.6. The molecular weight excluding hydrogens is 232 g/mol. The van der Waals surface area contributed by atoms with Crippen molar-refractivity contribution in [3.8, 4) is 0 Å². The van der Waals surface area contributed by atoms with Crippen LogP contribution in [0.15, 0.2) is 24.3 Å². The quantitative estimate of drug-likeness (QED) is 0.658. The molecule has 0 atom stereocenters. The summed E-state index contributed by atoms with van der Waals surface area (Å²) in [7, 11) is 0. The van der Waals surface area contributed by atoms with Crippen molar-refractivity contribution in [2.75, 3.05) is 6.54 Å². The summed E-state index contributed by atoms with van der Waals surface area (Å²) in [5.41, 5.74) is 0.655. The van der Waals surface area contributed by atoms with Gasteiger partial charge < -0.3 is 5.32 Å². The van der Waals surface area contributed by atoms with Crippen LogP contribution in [0.4, 0.5) is 5.69 Å². The molecule has 0 heterocycles. The van der Waals surface area contributed by atoms with Crippen LogP contribution in [0.25, 0.3) is 0 Å². The normalized spacial score (nSPS) is 11.1. The van der Waals surface area contributed by atoms with Gasteiger partial charge in [-0.15, -0.1) is 0 Å². The maximum atomic E-state index is 11.6. The number of hydrogen-bond donors (Lipinski definition) is 1. The second-order valence-electron chi connectivity index (χ2n) is 5.18. The Labute approximate surface area is 106 Å². The predicted molar refractivity (Wildman–Crippen MR) is 69.3 cm³/mol. The molecule has 1 aromatic rings. The van der Waals surface area contributed by atoms with Crippen LogP contribution in [-0.4, -0.2) is 17.4 Å². The Bertz CT molecular complexity index is 433. The van der Waals surface area contributed by atoms with Gasteiger partial charge in [0.05, 0.1) is 4.92 Å². The van der Waals surface area contributed by atoms with Crippen molar-refractivity contribution >= 4 is 11.6 Å². The summed E-state index contributed by atoms with van der Waals surface area (Å²) in [5, 5.41) is 13.3. The van der Waals surface area contributed by atoms with E-state index >= 15 is 0 Å². The van der Waals surface area contributed by atoms with Crippen LogP contribution in [-0.2, 0) is 11.2 Å². The minimum atomic E-state index is -0.425. The number of non-ortho nitro benzene ring substituents is 1. The van der Waals surface area contributed by atoms with Crippen LogP contribution in [0.5, 0.6) is 0 Å². The first kappa shape index (κ1) is 14.2. The van der Waals surface area contributed by atoms with E-state index in [1.54, 1.807) is 12.1 Å². The molecule has 0 bridgehead atoms. The number of nitrogens with one attached hydrogen (secondary N) is 1. The molecule has 1 rings (SSSR count). The first-order chi connectivity index (χ1) is 8.30. The molecule has 0 saturated heterocycles. The lowest BCUT2D eigenvalue weighted by Gasteiger charge is -2.17. The van der Waals surface area contributed by atoms with E-state index in [4.69, 9.17) is 0 Å². The Morgan fingerprint density at radius 3 is 2.28 bits per heavy atom. The molecule has 0 radical (unpaired) electrons. The highest BCUT2D eigenvalue weighted by atomic mass is 16.6. The Morgan fingerprint density at radius 2 is 1.83 bits per heavy atom. The van der Waals surface area contributed by atoms with E-state index in [2.05, 4.69) is 5.32 Å². The van der Waals surface area contributed by atoms with Crippen LogP contribution < -0.4 is 5.32 Å². The van der Waals surface area contributed by atoms with Gasteiger partial charge in [-0.05, 0) is 12.0 Å². The van der Waals surface area contributed by atoms with Crippen molar-refractivity contribution in [1.82, 2.24) is 5.32 Å². The number of nitro groups is 1. The molecule has 0 saturated carbocycles. The summed E-state index contributed by atoms with van der Waals surface area (Å²) in [6, 6.07) is 6.37. The van der Waals surface area contributed by atoms with E-state index < -0.39 is 10.3 Å². The topological polar surface area (TPSA) is 72.2 Å². The van der Waals surface area contributed by atoms with E-state index in [1.165, 1.54) is 12.1 Å². The zero-order valence-corrected chi connectivity index (χ0v) is 10.9. The first-order valence-electron chi connectivity index (χ1n) is 5.82. The summed E-state index contributed by atoms with van der Waals surface area (Å²) in [6.45, 7) is 6.10. The molecule has 0 fully saturated rings. The highest BCUT2D eigenvalue weighted by molar-refractivity contribution is 5.81. The van der Waals surface area contributed by atoms with Gasteiger partial charge in [-0.2, -0.15) is 0 Å². The summed E-state index contributed by atoms with van der Waals surface area (Å²) < 4.78 is 0. The number of carbonyl (C=O) groups is 1. The highest BCUT2D eigenvalue weighted by Gasteiger charge is 2.20. The van der Waals surface area contributed by atoms with Crippen molar-refractivity contribution in [2.24, 2.45) is 5.41 Å². The number of benzene rings is 1. The van der Waals surface area contributed by atoms with Crippen LogP contribution in [0.2, 0.25) is 0 Å². The zero-order valence-electron chi connectivity index (χ0n) is 10.9. The summed E-state index contributed by atoms with van der Waals surface area (Å²) in [6.07, 6.45) is 0.666. The highest BCUT2D eigenvalue weighted by Crippen LogP contribution is 2.13. The lowest BCUT2D eigenvalue weighted by molar-refractivity contribution is -0.384. The second-order valence-corrected chi connectivity index (χ2v) is 5.18. The van der Waals surface area contributed by atoms with E-state index in [0.717, 1.165) is 5.56 Å². The smallest absolute Gasteiger partial charge is 0.269 e. The number of nitro benzene ring substituents is 1. The molecule has 0 aliphatic heterocycles. The van der Waals surface area contributed by atoms with E-state index in [0.29, 0.717) is 13.0 Å². The average molecular weight is 250 g/mol. The van der Waals surface area contributed by atoms with Gasteiger partial charge in [-0.3, -0.25) is 14.9 Å². The van der Waals surface area contributed by atoms with Gasteiger partial charge in [-0.1, -0.05) is 32.9 Å². The maximum Gasteiger partial charge on any atom is 0.269 e. The predicted octanol–water partition coefficient (Wildman–Crippen LogP) is 2.30. The Hall–Kier alpha value is -1.91. The van der Waals surface area contributed by atoms with Gasteiger partial charge in [0.2, 0.25) is 5.91 Å². The number of amides is 1. The first-order valence-corrected chi connectivity index (χ1v) is 5.82. The fraction of sp³-hybridized carbons (Fsp3) is 0.462. The van der Waals surface area contributed by atoms with Gasteiger partial charge in [0, 0.05) is 24.1 Å². The molecule has 1 aromatic carbocycles. The molecule has 98 valence electrons. The summed E-state index contributed by atoms with van der Waals surface area (Å²) in [5.74, 6) is 0.00408. The standard InChI is InChI=1S/C13H18N2O3/c1-13(2,3)12(16)14-9-8-10-4-6-11(7-5-10)15(17)18/h4-7H,8-9H2,1-3H3,(H,14,16). The number of carbonyl (C=O) groups excluding carboxylic acids is 1. The number of nitrogens with zero attached hydrogens (tertiary/aromatic N) is 1. The van der Waals surface area contributed by atoms with E-state index in [1.807, 2.05) is 20.8 Å². The van der Waals surface area contributed by atoms with E-state index in [9.17, 15) is 14.9 Å². The van der Waals surface area contributed by atoms with Crippen molar-refractivity contribution < 1.29 is 9.72 Å². The van der Waals surface area contributed by atoms with E-state index in [-0.39, 0.29) is 11.6 Å². The maximum absolute atomic E-state index is 11.6. The molecule has 0 aromatic heterocycles. The molecule has 0 unspecified atom stereocenters. The van der Waals surface area contributed by atoms with Crippen LogP contribution in [0, 0.1) is 15.5 Å². The molecule has 0 aliphatic carbocycles.